The Morgan fingerprint density at radius 2 is 2.00 bits per heavy atom. The van der Waals surface area contributed by atoms with Gasteiger partial charge in [0.1, 0.15) is 0 Å². The molecular formula is C16H15N3O2. The van der Waals surface area contributed by atoms with E-state index >= 15 is 0 Å². The van der Waals surface area contributed by atoms with Crippen LogP contribution in [0.15, 0.2) is 55.0 Å². The molecule has 2 aromatic heterocycles. The standard InChI is InChI=1S/C16H15N3O2/c1-18(16(20)21)14-2-3-15-13(10-14)6-9-19(15)11-12-4-7-17-8-5-12/h2-10H,11H2,1H3,(H,20,21). The minimum absolute atomic E-state index is 0.664. The van der Waals surface area contributed by atoms with E-state index in [0.29, 0.717) is 5.69 Å². The van der Waals surface area contributed by atoms with Crippen LogP contribution in [0.1, 0.15) is 5.56 Å². The van der Waals surface area contributed by atoms with Gasteiger partial charge in [0.25, 0.3) is 0 Å². The van der Waals surface area contributed by atoms with E-state index in [4.69, 9.17) is 5.11 Å². The molecule has 0 saturated heterocycles. The number of anilines is 1. The lowest BCUT2D eigenvalue weighted by Crippen LogP contribution is -2.23. The lowest BCUT2D eigenvalue weighted by Gasteiger charge is -2.13. The van der Waals surface area contributed by atoms with Crippen LogP contribution in [0.3, 0.4) is 0 Å². The summed E-state index contributed by atoms with van der Waals surface area (Å²) in [5.74, 6) is 0. The van der Waals surface area contributed by atoms with Crippen molar-refractivity contribution in [3.8, 4) is 0 Å². The van der Waals surface area contributed by atoms with Gasteiger partial charge in [-0.3, -0.25) is 9.88 Å². The summed E-state index contributed by atoms with van der Waals surface area (Å²) in [6, 6.07) is 11.6. The number of aromatic nitrogens is 2. The Hall–Kier alpha value is -2.82. The van der Waals surface area contributed by atoms with Crippen molar-refractivity contribution in [1.29, 1.82) is 0 Å². The van der Waals surface area contributed by atoms with Crippen molar-refractivity contribution in [1.82, 2.24) is 9.55 Å². The van der Waals surface area contributed by atoms with Crippen molar-refractivity contribution >= 4 is 22.7 Å². The molecular weight excluding hydrogens is 266 g/mol. The van der Waals surface area contributed by atoms with Crippen LogP contribution in [0.25, 0.3) is 10.9 Å². The lowest BCUT2D eigenvalue weighted by atomic mass is 10.2. The molecule has 5 heteroatoms. The van der Waals surface area contributed by atoms with E-state index in [-0.39, 0.29) is 0 Å². The second kappa shape index (κ2) is 5.28. The van der Waals surface area contributed by atoms with Gasteiger partial charge in [-0.1, -0.05) is 0 Å². The molecule has 2 heterocycles. The van der Waals surface area contributed by atoms with Crippen LogP contribution in [0, 0.1) is 0 Å². The lowest BCUT2D eigenvalue weighted by molar-refractivity contribution is 0.203. The van der Waals surface area contributed by atoms with Crippen LogP contribution in [-0.2, 0) is 6.54 Å². The fourth-order valence-electron chi connectivity index (χ4n) is 2.33. The van der Waals surface area contributed by atoms with Gasteiger partial charge in [0.05, 0.1) is 0 Å². The number of carboxylic acid groups (broad SMARTS) is 1. The topological polar surface area (TPSA) is 58.4 Å². The van der Waals surface area contributed by atoms with Crippen LogP contribution in [0.4, 0.5) is 10.5 Å². The Balaban J connectivity index is 1.94. The molecule has 0 aliphatic rings. The second-order valence-corrected chi connectivity index (χ2v) is 4.88. The van der Waals surface area contributed by atoms with Crippen molar-refractivity contribution in [2.45, 2.75) is 6.54 Å². The Kier molecular flexibility index (Phi) is 3.31. The zero-order valence-corrected chi connectivity index (χ0v) is 11.6. The van der Waals surface area contributed by atoms with E-state index in [1.807, 2.05) is 42.6 Å². The van der Waals surface area contributed by atoms with E-state index in [0.717, 1.165) is 17.4 Å². The number of hydrogen-bond acceptors (Lipinski definition) is 2. The SMILES string of the molecule is CN(C(=O)O)c1ccc2c(ccn2Cc2ccncc2)c1. The van der Waals surface area contributed by atoms with Gasteiger partial charge in [0.15, 0.2) is 0 Å². The van der Waals surface area contributed by atoms with Gasteiger partial charge in [-0.25, -0.2) is 4.79 Å². The number of benzene rings is 1. The summed E-state index contributed by atoms with van der Waals surface area (Å²) >= 11 is 0. The minimum atomic E-state index is -0.967. The minimum Gasteiger partial charge on any atom is -0.465 e. The first-order valence-corrected chi connectivity index (χ1v) is 6.59. The number of rotatable bonds is 3. The Labute approximate surface area is 122 Å². The van der Waals surface area contributed by atoms with E-state index in [2.05, 4.69) is 9.55 Å². The summed E-state index contributed by atoms with van der Waals surface area (Å²) < 4.78 is 2.13. The third-order valence-corrected chi connectivity index (χ3v) is 3.53. The molecule has 1 aromatic carbocycles. The molecule has 106 valence electrons. The normalized spacial score (nSPS) is 10.7. The first kappa shape index (κ1) is 13.2. The molecule has 1 N–H and O–H groups in total. The maximum Gasteiger partial charge on any atom is 0.411 e. The van der Waals surface area contributed by atoms with Crippen LogP contribution in [-0.4, -0.2) is 27.8 Å². The van der Waals surface area contributed by atoms with Gasteiger partial charge < -0.3 is 9.67 Å². The molecule has 0 aliphatic carbocycles. The molecule has 0 saturated carbocycles. The Bertz CT molecular complexity index is 781. The monoisotopic (exact) mass is 281 g/mol. The average molecular weight is 281 g/mol. The highest BCUT2D eigenvalue weighted by Gasteiger charge is 2.10. The van der Waals surface area contributed by atoms with Crippen molar-refractivity contribution in [3.63, 3.8) is 0 Å². The van der Waals surface area contributed by atoms with Gasteiger partial charge >= 0.3 is 6.09 Å². The van der Waals surface area contributed by atoms with Gasteiger partial charge in [0.2, 0.25) is 0 Å². The number of fused-ring (bicyclic) bond motifs is 1. The molecule has 5 nitrogen and oxygen atoms in total. The molecule has 0 bridgehead atoms. The quantitative estimate of drug-likeness (QED) is 0.802. The predicted octanol–water partition coefficient (Wildman–Crippen LogP) is 3.20. The van der Waals surface area contributed by atoms with E-state index in [9.17, 15) is 4.79 Å². The molecule has 3 rings (SSSR count). The van der Waals surface area contributed by atoms with E-state index in [1.165, 1.54) is 17.5 Å². The van der Waals surface area contributed by atoms with Crippen LogP contribution >= 0.6 is 0 Å². The predicted molar refractivity (Wildman–Crippen MR) is 81.7 cm³/mol. The smallest absolute Gasteiger partial charge is 0.411 e. The molecule has 0 atom stereocenters. The molecule has 0 unspecified atom stereocenters. The largest absolute Gasteiger partial charge is 0.465 e. The number of pyridine rings is 1. The van der Waals surface area contributed by atoms with Crippen molar-refractivity contribution < 1.29 is 9.90 Å². The molecule has 21 heavy (non-hydrogen) atoms. The first-order chi connectivity index (χ1) is 10.1. The number of hydrogen-bond donors (Lipinski definition) is 1. The Morgan fingerprint density at radius 1 is 1.24 bits per heavy atom. The maximum atomic E-state index is 11.0. The van der Waals surface area contributed by atoms with E-state index < -0.39 is 6.09 Å². The van der Waals surface area contributed by atoms with Crippen LogP contribution in [0.2, 0.25) is 0 Å². The zero-order valence-electron chi connectivity index (χ0n) is 11.6. The second-order valence-electron chi connectivity index (χ2n) is 4.88. The van der Waals surface area contributed by atoms with Gasteiger partial charge in [-0.15, -0.1) is 0 Å². The summed E-state index contributed by atoms with van der Waals surface area (Å²) in [7, 11) is 1.54. The fraction of sp³-hybridized carbons (Fsp3) is 0.125. The van der Waals surface area contributed by atoms with Gasteiger partial charge in [-0.2, -0.15) is 0 Å². The number of carbonyl (C=O) groups is 1. The molecule has 0 fully saturated rings. The van der Waals surface area contributed by atoms with E-state index in [1.54, 1.807) is 12.4 Å². The summed E-state index contributed by atoms with van der Waals surface area (Å²) in [6.07, 6.45) is 4.60. The van der Waals surface area contributed by atoms with Gasteiger partial charge in [0, 0.05) is 48.8 Å². The molecule has 0 radical (unpaired) electrons. The highest BCUT2D eigenvalue weighted by atomic mass is 16.4. The van der Waals surface area contributed by atoms with Crippen molar-refractivity contribution in [2.24, 2.45) is 0 Å². The summed E-state index contributed by atoms with van der Waals surface area (Å²) in [4.78, 5) is 16.2. The Morgan fingerprint density at radius 3 is 2.71 bits per heavy atom. The van der Waals surface area contributed by atoms with Crippen molar-refractivity contribution in [2.75, 3.05) is 11.9 Å². The molecule has 1 amide bonds. The van der Waals surface area contributed by atoms with Crippen LogP contribution < -0.4 is 4.90 Å². The highest BCUT2D eigenvalue weighted by molar-refractivity contribution is 5.91. The third-order valence-electron chi connectivity index (χ3n) is 3.53. The highest BCUT2D eigenvalue weighted by Crippen LogP contribution is 2.23. The summed E-state index contributed by atoms with van der Waals surface area (Å²) in [6.45, 7) is 0.764. The number of amides is 1. The van der Waals surface area contributed by atoms with Crippen LogP contribution in [0.5, 0.6) is 0 Å². The molecule has 3 aromatic rings. The first-order valence-electron chi connectivity index (χ1n) is 6.59. The third kappa shape index (κ3) is 2.58. The summed E-state index contributed by atoms with van der Waals surface area (Å²) in [5.41, 5.74) is 2.92. The molecule has 0 aliphatic heterocycles. The molecule has 0 spiro atoms. The average Bonchev–Trinajstić information content (AvgIpc) is 2.90. The maximum absolute atomic E-state index is 11.0. The van der Waals surface area contributed by atoms with Gasteiger partial charge in [-0.05, 0) is 42.0 Å². The summed E-state index contributed by atoms with van der Waals surface area (Å²) in [5, 5.41) is 10.0. The fourth-order valence-corrected chi connectivity index (χ4v) is 2.33. The zero-order chi connectivity index (χ0) is 14.8. The number of nitrogens with zero attached hydrogens (tertiary/aromatic N) is 3. The van der Waals surface area contributed by atoms with Crippen molar-refractivity contribution in [3.05, 3.63) is 60.6 Å².